The van der Waals surface area contributed by atoms with Crippen molar-refractivity contribution in [2.75, 3.05) is 23.8 Å². The number of thiazole rings is 1. The fourth-order valence-corrected chi connectivity index (χ4v) is 5.15. The number of hydrogen-bond donors (Lipinski definition) is 1. The standard InChI is InChI=1S/C14H18N4OS2/c1-8-7-20-13(16-8)11-12(15)17-21-14(11)18-5-6-19-10-4-2-3-9(10)18/h7,9-10H,2-6H2,1H3,(H2,15,17). The minimum Gasteiger partial charge on any atom is -0.382 e. The van der Waals surface area contributed by atoms with E-state index in [4.69, 9.17) is 10.5 Å². The van der Waals surface area contributed by atoms with E-state index in [9.17, 15) is 0 Å². The summed E-state index contributed by atoms with van der Waals surface area (Å²) < 4.78 is 10.3. The second-order valence-electron chi connectivity index (χ2n) is 5.64. The first-order chi connectivity index (χ1) is 10.2. The number of ether oxygens (including phenoxy) is 1. The second kappa shape index (κ2) is 5.23. The number of nitrogens with zero attached hydrogens (tertiary/aromatic N) is 3. The number of aromatic nitrogens is 2. The predicted molar refractivity (Wildman–Crippen MR) is 87.1 cm³/mol. The Balaban J connectivity index is 1.75. The van der Waals surface area contributed by atoms with E-state index in [-0.39, 0.29) is 0 Å². The highest BCUT2D eigenvalue weighted by molar-refractivity contribution is 7.15. The summed E-state index contributed by atoms with van der Waals surface area (Å²) in [6.07, 6.45) is 3.97. The molecule has 0 spiro atoms. The quantitative estimate of drug-likeness (QED) is 0.921. The molecule has 1 aliphatic carbocycles. The van der Waals surface area contributed by atoms with E-state index < -0.39 is 0 Å². The van der Waals surface area contributed by atoms with Gasteiger partial charge in [0.2, 0.25) is 0 Å². The van der Waals surface area contributed by atoms with Crippen molar-refractivity contribution in [3.05, 3.63) is 11.1 Å². The number of fused-ring (bicyclic) bond motifs is 1. The van der Waals surface area contributed by atoms with Crippen LogP contribution in [0.4, 0.5) is 10.8 Å². The van der Waals surface area contributed by atoms with E-state index in [0.717, 1.165) is 29.4 Å². The van der Waals surface area contributed by atoms with Gasteiger partial charge in [-0.15, -0.1) is 11.3 Å². The van der Waals surface area contributed by atoms with Crippen molar-refractivity contribution in [3.8, 4) is 10.6 Å². The Kier molecular flexibility index (Phi) is 3.35. The first-order valence-corrected chi connectivity index (χ1v) is 8.95. The Morgan fingerprint density at radius 3 is 3.14 bits per heavy atom. The molecule has 0 aromatic carbocycles. The zero-order valence-corrected chi connectivity index (χ0v) is 13.5. The smallest absolute Gasteiger partial charge is 0.149 e. The summed E-state index contributed by atoms with van der Waals surface area (Å²) in [6, 6.07) is 0.471. The first kappa shape index (κ1) is 13.5. The maximum absolute atomic E-state index is 6.13. The normalized spacial score (nSPS) is 25.3. The molecule has 21 heavy (non-hydrogen) atoms. The molecule has 2 aromatic rings. The Morgan fingerprint density at radius 2 is 2.33 bits per heavy atom. The van der Waals surface area contributed by atoms with Gasteiger partial charge < -0.3 is 15.4 Å². The lowest BCUT2D eigenvalue weighted by Crippen LogP contribution is -2.48. The molecule has 2 aromatic heterocycles. The van der Waals surface area contributed by atoms with Crippen LogP contribution in [0, 0.1) is 6.92 Å². The summed E-state index contributed by atoms with van der Waals surface area (Å²) in [7, 11) is 0. The van der Waals surface area contributed by atoms with Crippen LogP contribution in [0.2, 0.25) is 0 Å². The fraction of sp³-hybridized carbons (Fsp3) is 0.571. The molecule has 1 saturated carbocycles. The third kappa shape index (κ3) is 2.23. The van der Waals surface area contributed by atoms with E-state index in [1.54, 1.807) is 11.3 Å². The van der Waals surface area contributed by atoms with Crippen LogP contribution >= 0.6 is 22.9 Å². The summed E-state index contributed by atoms with van der Waals surface area (Å²) in [4.78, 5) is 7.06. The van der Waals surface area contributed by atoms with Gasteiger partial charge >= 0.3 is 0 Å². The van der Waals surface area contributed by atoms with Crippen molar-refractivity contribution in [2.24, 2.45) is 0 Å². The molecule has 0 amide bonds. The van der Waals surface area contributed by atoms with Gasteiger partial charge in [-0.2, -0.15) is 4.37 Å². The molecule has 2 N–H and O–H groups in total. The third-order valence-corrected chi connectivity index (χ3v) is 6.15. The number of nitrogens with two attached hydrogens (primary N) is 1. The molecule has 7 heteroatoms. The van der Waals surface area contributed by atoms with Gasteiger partial charge in [0.05, 0.1) is 24.3 Å². The van der Waals surface area contributed by atoms with Crippen LogP contribution in [-0.2, 0) is 4.74 Å². The highest BCUT2D eigenvalue weighted by Gasteiger charge is 2.38. The molecule has 2 atom stereocenters. The van der Waals surface area contributed by atoms with E-state index in [1.165, 1.54) is 35.8 Å². The van der Waals surface area contributed by atoms with Crippen LogP contribution in [0.25, 0.3) is 10.6 Å². The molecule has 3 heterocycles. The minimum absolute atomic E-state index is 0.368. The van der Waals surface area contributed by atoms with E-state index in [1.807, 2.05) is 6.92 Å². The molecular weight excluding hydrogens is 304 g/mol. The van der Waals surface area contributed by atoms with Crippen LogP contribution in [-0.4, -0.2) is 34.7 Å². The van der Waals surface area contributed by atoms with Gasteiger partial charge in [0.1, 0.15) is 15.8 Å². The number of aryl methyl sites for hydroxylation is 1. The zero-order valence-electron chi connectivity index (χ0n) is 11.9. The first-order valence-electron chi connectivity index (χ1n) is 7.30. The van der Waals surface area contributed by atoms with Crippen LogP contribution in [0.15, 0.2) is 5.38 Å². The maximum Gasteiger partial charge on any atom is 0.149 e. The molecule has 0 radical (unpaired) electrons. The Hall–Kier alpha value is -1.18. The molecule has 2 fully saturated rings. The average Bonchev–Trinajstić information content (AvgIpc) is 3.17. The van der Waals surface area contributed by atoms with Crippen LogP contribution in [0.1, 0.15) is 25.0 Å². The molecular formula is C14H18N4OS2. The number of rotatable bonds is 2. The Bertz CT molecular complexity index is 653. The third-order valence-electron chi connectivity index (χ3n) is 4.28. The van der Waals surface area contributed by atoms with Crippen LogP contribution in [0.5, 0.6) is 0 Å². The highest BCUT2D eigenvalue weighted by Crippen LogP contribution is 2.44. The topological polar surface area (TPSA) is 64.3 Å². The number of anilines is 2. The average molecular weight is 322 g/mol. The molecule has 5 nitrogen and oxygen atoms in total. The van der Waals surface area contributed by atoms with E-state index in [2.05, 4.69) is 19.6 Å². The van der Waals surface area contributed by atoms with Gasteiger partial charge in [0.25, 0.3) is 0 Å². The molecule has 2 unspecified atom stereocenters. The lowest BCUT2D eigenvalue weighted by molar-refractivity contribution is 0.0259. The van der Waals surface area contributed by atoms with Crippen molar-refractivity contribution in [2.45, 2.75) is 38.3 Å². The van der Waals surface area contributed by atoms with Crippen molar-refractivity contribution in [1.82, 2.24) is 9.36 Å². The number of hydrogen-bond acceptors (Lipinski definition) is 7. The molecule has 4 rings (SSSR count). The van der Waals surface area contributed by atoms with Gasteiger partial charge in [-0.25, -0.2) is 4.98 Å². The van der Waals surface area contributed by atoms with Crippen molar-refractivity contribution < 1.29 is 4.74 Å². The summed E-state index contributed by atoms with van der Waals surface area (Å²) in [5.41, 5.74) is 8.19. The number of nitrogen functional groups attached to an aromatic ring is 1. The van der Waals surface area contributed by atoms with Gasteiger partial charge in [0.15, 0.2) is 0 Å². The SMILES string of the molecule is Cc1csc(-c2c(N)nsc2N2CCOC3CCCC32)n1. The number of morpholine rings is 1. The largest absolute Gasteiger partial charge is 0.382 e. The molecule has 1 aliphatic heterocycles. The van der Waals surface area contributed by atoms with Crippen molar-refractivity contribution in [1.29, 1.82) is 0 Å². The summed E-state index contributed by atoms with van der Waals surface area (Å²) in [5, 5.41) is 4.21. The van der Waals surface area contributed by atoms with E-state index >= 15 is 0 Å². The maximum atomic E-state index is 6.13. The van der Waals surface area contributed by atoms with E-state index in [0.29, 0.717) is 18.0 Å². The molecule has 0 bridgehead atoms. The molecule has 1 saturated heterocycles. The Labute approximate surface area is 131 Å². The Morgan fingerprint density at radius 1 is 1.43 bits per heavy atom. The van der Waals surface area contributed by atoms with Gasteiger partial charge in [0, 0.05) is 17.6 Å². The minimum atomic E-state index is 0.368. The summed E-state index contributed by atoms with van der Waals surface area (Å²) >= 11 is 3.14. The fourth-order valence-electron chi connectivity index (χ4n) is 3.34. The van der Waals surface area contributed by atoms with Crippen LogP contribution < -0.4 is 10.6 Å². The summed E-state index contributed by atoms with van der Waals surface area (Å²) in [6.45, 7) is 3.72. The van der Waals surface area contributed by atoms with Crippen LogP contribution in [0.3, 0.4) is 0 Å². The van der Waals surface area contributed by atoms with Gasteiger partial charge in [-0.05, 0) is 37.7 Å². The van der Waals surface area contributed by atoms with Gasteiger partial charge in [-0.1, -0.05) is 0 Å². The molecule has 112 valence electrons. The lowest BCUT2D eigenvalue weighted by atomic mass is 10.1. The predicted octanol–water partition coefficient (Wildman–Crippen LogP) is 2.91. The van der Waals surface area contributed by atoms with Gasteiger partial charge in [-0.3, -0.25) is 0 Å². The highest BCUT2D eigenvalue weighted by atomic mass is 32.1. The second-order valence-corrected chi connectivity index (χ2v) is 7.25. The monoisotopic (exact) mass is 322 g/mol. The van der Waals surface area contributed by atoms with Crippen molar-refractivity contribution >= 4 is 33.7 Å². The van der Waals surface area contributed by atoms with Crippen molar-refractivity contribution in [3.63, 3.8) is 0 Å². The summed E-state index contributed by atoms with van der Waals surface area (Å²) in [5.74, 6) is 0.602. The zero-order chi connectivity index (χ0) is 14.4. The molecule has 2 aliphatic rings. The lowest BCUT2D eigenvalue weighted by Gasteiger charge is -2.38.